The third kappa shape index (κ3) is 4.49. The maximum atomic E-state index is 11.4. The Morgan fingerprint density at radius 3 is 2.50 bits per heavy atom. The summed E-state index contributed by atoms with van der Waals surface area (Å²) in [6, 6.07) is 9.89. The van der Waals surface area contributed by atoms with Gasteiger partial charge in [-0.2, -0.15) is 0 Å². The molecule has 0 aliphatic heterocycles. The molecule has 0 fully saturated rings. The van der Waals surface area contributed by atoms with Crippen LogP contribution in [0.2, 0.25) is 0 Å². The van der Waals surface area contributed by atoms with Crippen molar-refractivity contribution < 1.29 is 9.90 Å². The molecule has 0 heterocycles. The van der Waals surface area contributed by atoms with Gasteiger partial charge in [0, 0.05) is 6.54 Å². The summed E-state index contributed by atoms with van der Waals surface area (Å²) in [5.41, 5.74) is 0.283. The lowest BCUT2D eigenvalue weighted by molar-refractivity contribution is -0.144. The Balaban J connectivity index is 2.54. The van der Waals surface area contributed by atoms with E-state index in [-0.39, 0.29) is 0 Å². The first-order valence-electron chi connectivity index (χ1n) is 6.61. The summed E-state index contributed by atoms with van der Waals surface area (Å²) in [5.74, 6) is -0.769. The number of unbranched alkanes of at least 4 members (excludes halogenated alkanes) is 2. The van der Waals surface area contributed by atoms with Crippen LogP contribution in [0, 0.1) is 0 Å². The Hall–Kier alpha value is -1.35. The highest BCUT2D eigenvalue weighted by atomic mass is 16.4. The Bertz CT molecular complexity index is 364. The van der Waals surface area contributed by atoms with Crippen molar-refractivity contribution in [1.82, 2.24) is 5.32 Å². The van der Waals surface area contributed by atoms with Crippen LogP contribution in [0.4, 0.5) is 0 Å². The van der Waals surface area contributed by atoms with Gasteiger partial charge in [0.25, 0.3) is 0 Å². The molecule has 0 aliphatic carbocycles. The fraction of sp³-hybridized carbons (Fsp3) is 0.533. The number of carbonyl (C=O) groups is 1. The summed E-state index contributed by atoms with van der Waals surface area (Å²) in [6.07, 6.45) is 3.80. The van der Waals surface area contributed by atoms with Crippen LogP contribution in [0.5, 0.6) is 0 Å². The molecule has 2 N–H and O–H groups in total. The van der Waals surface area contributed by atoms with Crippen molar-refractivity contribution in [1.29, 1.82) is 0 Å². The van der Waals surface area contributed by atoms with Gasteiger partial charge in [-0.1, -0.05) is 56.5 Å². The van der Waals surface area contributed by atoms with E-state index in [0.29, 0.717) is 13.0 Å². The van der Waals surface area contributed by atoms with Gasteiger partial charge < -0.3 is 5.11 Å². The van der Waals surface area contributed by atoms with E-state index in [0.717, 1.165) is 24.8 Å². The highest BCUT2D eigenvalue weighted by Gasteiger charge is 2.31. The predicted molar refractivity (Wildman–Crippen MR) is 73.5 cm³/mol. The second-order valence-electron chi connectivity index (χ2n) is 4.93. The maximum Gasteiger partial charge on any atom is 0.323 e. The standard InChI is InChI=1S/C15H23NO2/c1-3-4-8-11-15(2,14(17)18)16-12-13-9-6-5-7-10-13/h5-7,9-10,16H,3-4,8,11-12H2,1-2H3,(H,17,18). The molecule has 1 aromatic carbocycles. The molecule has 0 aliphatic rings. The van der Waals surface area contributed by atoms with Gasteiger partial charge in [0.1, 0.15) is 5.54 Å². The van der Waals surface area contributed by atoms with E-state index in [4.69, 9.17) is 0 Å². The minimum absolute atomic E-state index is 0.593. The van der Waals surface area contributed by atoms with Crippen LogP contribution in [-0.2, 0) is 11.3 Å². The van der Waals surface area contributed by atoms with Gasteiger partial charge in [-0.15, -0.1) is 0 Å². The van der Waals surface area contributed by atoms with Crippen LogP contribution in [0.1, 0.15) is 45.1 Å². The molecule has 0 bridgehead atoms. The molecule has 0 radical (unpaired) electrons. The lowest BCUT2D eigenvalue weighted by Crippen LogP contribution is -2.49. The summed E-state index contributed by atoms with van der Waals surface area (Å²) >= 11 is 0. The largest absolute Gasteiger partial charge is 0.480 e. The zero-order chi connectivity index (χ0) is 13.4. The number of nitrogens with one attached hydrogen (secondary N) is 1. The predicted octanol–water partition coefficient (Wildman–Crippen LogP) is 3.20. The lowest BCUT2D eigenvalue weighted by atomic mass is 9.94. The van der Waals surface area contributed by atoms with E-state index in [1.807, 2.05) is 30.3 Å². The van der Waals surface area contributed by atoms with E-state index in [2.05, 4.69) is 12.2 Å². The molecule has 0 aromatic heterocycles. The zero-order valence-corrected chi connectivity index (χ0v) is 11.3. The molecule has 0 spiro atoms. The average molecular weight is 249 g/mol. The molecule has 3 nitrogen and oxygen atoms in total. The highest BCUT2D eigenvalue weighted by Crippen LogP contribution is 2.16. The minimum atomic E-state index is -0.828. The molecule has 0 saturated heterocycles. The number of hydrogen-bond donors (Lipinski definition) is 2. The van der Waals surface area contributed by atoms with Gasteiger partial charge in [0.2, 0.25) is 0 Å². The first-order chi connectivity index (χ1) is 8.58. The van der Waals surface area contributed by atoms with Gasteiger partial charge in [-0.3, -0.25) is 10.1 Å². The molecule has 0 saturated carbocycles. The summed E-state index contributed by atoms with van der Waals surface area (Å²) < 4.78 is 0. The fourth-order valence-corrected chi connectivity index (χ4v) is 1.89. The Labute approximate surface area is 109 Å². The van der Waals surface area contributed by atoms with Gasteiger partial charge in [-0.25, -0.2) is 0 Å². The van der Waals surface area contributed by atoms with E-state index in [1.165, 1.54) is 0 Å². The van der Waals surface area contributed by atoms with Crippen LogP contribution in [0.3, 0.4) is 0 Å². The Morgan fingerprint density at radius 2 is 1.94 bits per heavy atom. The third-order valence-corrected chi connectivity index (χ3v) is 3.28. The summed E-state index contributed by atoms with van der Waals surface area (Å²) in [5, 5.41) is 12.5. The third-order valence-electron chi connectivity index (χ3n) is 3.28. The number of rotatable bonds is 8. The topological polar surface area (TPSA) is 49.3 Å². The second kappa shape index (κ2) is 7.17. The van der Waals surface area contributed by atoms with Crippen LogP contribution < -0.4 is 5.32 Å². The normalized spacial score (nSPS) is 14.1. The SMILES string of the molecule is CCCCCC(C)(NCc1ccccc1)C(=O)O. The molecule has 1 atom stereocenters. The first kappa shape index (κ1) is 14.7. The second-order valence-corrected chi connectivity index (χ2v) is 4.93. The Morgan fingerprint density at radius 1 is 1.28 bits per heavy atom. The molecule has 1 rings (SSSR count). The molecule has 18 heavy (non-hydrogen) atoms. The molecule has 0 amide bonds. The van der Waals surface area contributed by atoms with E-state index < -0.39 is 11.5 Å². The van der Waals surface area contributed by atoms with E-state index >= 15 is 0 Å². The van der Waals surface area contributed by atoms with E-state index in [1.54, 1.807) is 6.92 Å². The van der Waals surface area contributed by atoms with Crippen molar-refractivity contribution in [3.8, 4) is 0 Å². The van der Waals surface area contributed by atoms with Gasteiger partial charge in [0.05, 0.1) is 0 Å². The van der Waals surface area contributed by atoms with Crippen molar-refractivity contribution in [2.75, 3.05) is 0 Å². The van der Waals surface area contributed by atoms with Crippen LogP contribution >= 0.6 is 0 Å². The zero-order valence-electron chi connectivity index (χ0n) is 11.3. The van der Waals surface area contributed by atoms with Crippen molar-refractivity contribution >= 4 is 5.97 Å². The van der Waals surface area contributed by atoms with Crippen LogP contribution in [-0.4, -0.2) is 16.6 Å². The molecule has 1 unspecified atom stereocenters. The summed E-state index contributed by atoms with van der Waals surface area (Å²) in [6.45, 7) is 4.49. The summed E-state index contributed by atoms with van der Waals surface area (Å²) in [4.78, 5) is 11.4. The number of benzene rings is 1. The van der Waals surface area contributed by atoms with Gasteiger partial charge in [-0.05, 0) is 18.9 Å². The van der Waals surface area contributed by atoms with Crippen molar-refractivity contribution in [2.45, 2.75) is 51.6 Å². The number of aliphatic carboxylic acids is 1. The van der Waals surface area contributed by atoms with Crippen LogP contribution in [0.15, 0.2) is 30.3 Å². The van der Waals surface area contributed by atoms with Crippen molar-refractivity contribution in [3.63, 3.8) is 0 Å². The van der Waals surface area contributed by atoms with Crippen LogP contribution in [0.25, 0.3) is 0 Å². The fourth-order valence-electron chi connectivity index (χ4n) is 1.89. The molecule has 100 valence electrons. The monoisotopic (exact) mass is 249 g/mol. The smallest absolute Gasteiger partial charge is 0.323 e. The molecule has 1 aromatic rings. The van der Waals surface area contributed by atoms with Crippen molar-refractivity contribution in [2.24, 2.45) is 0 Å². The van der Waals surface area contributed by atoms with Gasteiger partial charge in [0.15, 0.2) is 0 Å². The molecular weight excluding hydrogens is 226 g/mol. The number of carboxylic acid groups (broad SMARTS) is 1. The lowest BCUT2D eigenvalue weighted by Gasteiger charge is -2.26. The Kier molecular flexibility index (Phi) is 5.86. The van der Waals surface area contributed by atoms with E-state index in [9.17, 15) is 9.90 Å². The first-order valence-corrected chi connectivity index (χ1v) is 6.61. The van der Waals surface area contributed by atoms with Crippen molar-refractivity contribution in [3.05, 3.63) is 35.9 Å². The van der Waals surface area contributed by atoms with Gasteiger partial charge >= 0.3 is 5.97 Å². The quantitative estimate of drug-likeness (QED) is 0.696. The summed E-state index contributed by atoms with van der Waals surface area (Å²) in [7, 11) is 0. The number of hydrogen-bond acceptors (Lipinski definition) is 2. The maximum absolute atomic E-state index is 11.4. The average Bonchev–Trinajstić information content (AvgIpc) is 2.38. The molecule has 3 heteroatoms. The number of carboxylic acids is 1. The minimum Gasteiger partial charge on any atom is -0.480 e. The molecular formula is C15H23NO2. The highest BCUT2D eigenvalue weighted by molar-refractivity contribution is 5.78.